The van der Waals surface area contributed by atoms with Crippen LogP contribution in [0.5, 0.6) is 0 Å². The van der Waals surface area contributed by atoms with Crippen LogP contribution in [0.4, 0.5) is 0 Å². The first-order valence-electron chi connectivity index (χ1n) is 5.49. The van der Waals surface area contributed by atoms with E-state index >= 15 is 0 Å². The molecule has 2 rings (SSSR count). The van der Waals surface area contributed by atoms with Gasteiger partial charge in [0.15, 0.2) is 6.29 Å². The molecule has 15 heavy (non-hydrogen) atoms. The van der Waals surface area contributed by atoms with Gasteiger partial charge in [-0.15, -0.1) is 0 Å². The largest absolute Gasteiger partial charge is 0.303 e. The summed E-state index contributed by atoms with van der Waals surface area (Å²) < 4.78 is 1.81. The Morgan fingerprint density at radius 1 is 1.47 bits per heavy atom. The van der Waals surface area contributed by atoms with Crippen molar-refractivity contribution in [1.29, 1.82) is 0 Å². The Morgan fingerprint density at radius 3 is 2.87 bits per heavy atom. The van der Waals surface area contributed by atoms with Crippen LogP contribution in [0.2, 0.25) is 0 Å². The summed E-state index contributed by atoms with van der Waals surface area (Å²) >= 11 is 0. The molecular weight excluding hydrogens is 190 g/mol. The molecule has 0 spiro atoms. The molecule has 1 aromatic rings. The first-order chi connectivity index (χ1) is 7.31. The Kier molecular flexibility index (Phi) is 3.16. The molecule has 4 heteroatoms. The lowest BCUT2D eigenvalue weighted by molar-refractivity contribution is 0.112. The summed E-state index contributed by atoms with van der Waals surface area (Å²) in [6.07, 6.45) is 6.08. The number of carbonyl (C=O) groups is 1. The molecule has 1 fully saturated rings. The van der Waals surface area contributed by atoms with Gasteiger partial charge in [0.05, 0.1) is 11.8 Å². The summed E-state index contributed by atoms with van der Waals surface area (Å²) in [7, 11) is 1.90. The van der Waals surface area contributed by atoms with E-state index in [1.54, 1.807) is 10.9 Å². The van der Waals surface area contributed by atoms with Crippen molar-refractivity contribution in [2.45, 2.75) is 19.3 Å². The molecule has 1 aliphatic rings. The minimum Gasteiger partial charge on any atom is -0.303 e. The third-order valence-electron chi connectivity index (χ3n) is 3.08. The molecule has 0 aromatic carbocycles. The third-order valence-corrected chi connectivity index (χ3v) is 3.08. The third kappa shape index (κ3) is 2.26. The van der Waals surface area contributed by atoms with Crippen LogP contribution in [0.3, 0.4) is 0 Å². The average molecular weight is 207 g/mol. The summed E-state index contributed by atoms with van der Waals surface area (Å²) in [5.74, 6) is 0. The zero-order valence-electron chi connectivity index (χ0n) is 9.15. The maximum atomic E-state index is 10.8. The van der Waals surface area contributed by atoms with Crippen LogP contribution in [-0.4, -0.2) is 40.6 Å². The Labute approximate surface area is 89.9 Å². The second-order valence-electron chi connectivity index (χ2n) is 4.09. The zero-order chi connectivity index (χ0) is 10.7. The van der Waals surface area contributed by atoms with Crippen LogP contribution in [0.1, 0.15) is 28.9 Å². The summed E-state index contributed by atoms with van der Waals surface area (Å²) in [6, 6.07) is 0. The molecule has 0 amide bonds. The minimum atomic E-state index is 0.733. The minimum absolute atomic E-state index is 0.733. The van der Waals surface area contributed by atoms with Gasteiger partial charge in [0.2, 0.25) is 0 Å². The number of nitrogens with zero attached hydrogens (tertiary/aromatic N) is 3. The van der Waals surface area contributed by atoms with Crippen molar-refractivity contribution in [3.05, 3.63) is 17.5 Å². The van der Waals surface area contributed by atoms with Crippen molar-refractivity contribution >= 4 is 6.29 Å². The van der Waals surface area contributed by atoms with Crippen LogP contribution < -0.4 is 0 Å². The number of rotatable bonds is 4. The molecule has 1 aromatic heterocycles. The van der Waals surface area contributed by atoms with Crippen molar-refractivity contribution in [3.8, 4) is 0 Å². The molecule has 0 aliphatic carbocycles. The Hall–Kier alpha value is -1.16. The normalized spacial score (nSPS) is 17.1. The number of hydrogen-bond donors (Lipinski definition) is 0. The molecule has 0 radical (unpaired) electrons. The fourth-order valence-corrected chi connectivity index (χ4v) is 2.15. The van der Waals surface area contributed by atoms with Crippen LogP contribution >= 0.6 is 0 Å². The van der Waals surface area contributed by atoms with E-state index < -0.39 is 0 Å². The molecule has 0 saturated carbocycles. The standard InChI is InChI=1S/C11H17N3O/c1-13-11(10(9-15)8-12-13)4-7-14-5-2-3-6-14/h8-9H,2-7H2,1H3. The van der Waals surface area contributed by atoms with Gasteiger partial charge in [-0.2, -0.15) is 5.10 Å². The number of aldehydes is 1. The molecule has 0 unspecified atom stereocenters. The molecule has 1 saturated heterocycles. The molecule has 0 atom stereocenters. The molecular formula is C11H17N3O. The Balaban J connectivity index is 1.96. The van der Waals surface area contributed by atoms with Gasteiger partial charge in [-0.1, -0.05) is 0 Å². The van der Waals surface area contributed by atoms with Gasteiger partial charge in [-0.3, -0.25) is 9.48 Å². The van der Waals surface area contributed by atoms with Gasteiger partial charge in [0.25, 0.3) is 0 Å². The van der Waals surface area contributed by atoms with E-state index in [1.807, 2.05) is 7.05 Å². The quantitative estimate of drug-likeness (QED) is 0.688. The summed E-state index contributed by atoms with van der Waals surface area (Å²) in [5.41, 5.74) is 1.79. The smallest absolute Gasteiger partial charge is 0.153 e. The highest BCUT2D eigenvalue weighted by Gasteiger charge is 2.13. The van der Waals surface area contributed by atoms with Gasteiger partial charge in [-0.05, 0) is 25.9 Å². The fraction of sp³-hybridized carbons (Fsp3) is 0.636. The highest BCUT2D eigenvalue weighted by Crippen LogP contribution is 2.10. The topological polar surface area (TPSA) is 38.1 Å². The number of aromatic nitrogens is 2. The molecule has 0 bridgehead atoms. The van der Waals surface area contributed by atoms with E-state index in [0.29, 0.717) is 0 Å². The SMILES string of the molecule is Cn1ncc(C=O)c1CCN1CCCC1. The van der Waals surface area contributed by atoms with Gasteiger partial charge < -0.3 is 4.90 Å². The van der Waals surface area contributed by atoms with Crippen molar-refractivity contribution in [2.24, 2.45) is 7.05 Å². The van der Waals surface area contributed by atoms with E-state index in [-0.39, 0.29) is 0 Å². The maximum absolute atomic E-state index is 10.8. The predicted octanol–water partition coefficient (Wildman–Crippen LogP) is 0.871. The number of hydrogen-bond acceptors (Lipinski definition) is 3. The first-order valence-corrected chi connectivity index (χ1v) is 5.49. The summed E-state index contributed by atoms with van der Waals surface area (Å²) in [4.78, 5) is 13.2. The Morgan fingerprint density at radius 2 is 2.20 bits per heavy atom. The van der Waals surface area contributed by atoms with Crippen LogP contribution in [0, 0.1) is 0 Å². The van der Waals surface area contributed by atoms with Gasteiger partial charge >= 0.3 is 0 Å². The first kappa shape index (κ1) is 10.4. The van der Waals surface area contributed by atoms with E-state index in [2.05, 4.69) is 10.00 Å². The van der Waals surface area contributed by atoms with E-state index in [1.165, 1.54) is 25.9 Å². The lowest BCUT2D eigenvalue weighted by Crippen LogP contribution is -2.23. The average Bonchev–Trinajstić information content (AvgIpc) is 2.84. The highest BCUT2D eigenvalue weighted by molar-refractivity contribution is 5.75. The van der Waals surface area contributed by atoms with Gasteiger partial charge in [0.1, 0.15) is 0 Å². The van der Waals surface area contributed by atoms with Crippen LogP contribution in [-0.2, 0) is 13.5 Å². The zero-order valence-corrected chi connectivity index (χ0v) is 9.15. The number of aryl methyl sites for hydroxylation is 1. The van der Waals surface area contributed by atoms with Crippen LogP contribution in [0.25, 0.3) is 0 Å². The molecule has 1 aliphatic heterocycles. The van der Waals surface area contributed by atoms with Crippen molar-refractivity contribution < 1.29 is 4.79 Å². The summed E-state index contributed by atoms with van der Waals surface area (Å²) in [6.45, 7) is 3.45. The van der Waals surface area contributed by atoms with Crippen molar-refractivity contribution in [1.82, 2.24) is 14.7 Å². The van der Waals surface area contributed by atoms with E-state index in [4.69, 9.17) is 0 Å². The maximum Gasteiger partial charge on any atom is 0.153 e. The van der Waals surface area contributed by atoms with Crippen molar-refractivity contribution in [2.75, 3.05) is 19.6 Å². The van der Waals surface area contributed by atoms with Gasteiger partial charge in [-0.25, -0.2) is 0 Å². The summed E-state index contributed by atoms with van der Waals surface area (Å²) in [5, 5.41) is 4.10. The lowest BCUT2D eigenvalue weighted by Gasteiger charge is -2.14. The molecule has 0 N–H and O–H groups in total. The second-order valence-corrected chi connectivity index (χ2v) is 4.09. The number of likely N-dealkylation sites (tertiary alicyclic amines) is 1. The molecule has 82 valence electrons. The molecule has 2 heterocycles. The fourth-order valence-electron chi connectivity index (χ4n) is 2.15. The van der Waals surface area contributed by atoms with Crippen molar-refractivity contribution in [3.63, 3.8) is 0 Å². The van der Waals surface area contributed by atoms with Crippen LogP contribution in [0.15, 0.2) is 6.20 Å². The monoisotopic (exact) mass is 207 g/mol. The van der Waals surface area contributed by atoms with E-state index in [0.717, 1.165) is 30.5 Å². The van der Waals surface area contributed by atoms with E-state index in [9.17, 15) is 4.79 Å². The lowest BCUT2D eigenvalue weighted by atomic mass is 10.2. The second kappa shape index (κ2) is 4.57. The Bertz CT molecular complexity index is 340. The predicted molar refractivity (Wildman–Crippen MR) is 58.0 cm³/mol. The highest BCUT2D eigenvalue weighted by atomic mass is 16.1. The molecule has 4 nitrogen and oxygen atoms in total. The number of carbonyl (C=O) groups excluding carboxylic acids is 1. The van der Waals surface area contributed by atoms with Gasteiger partial charge in [0, 0.05) is 25.7 Å².